The molecule has 3 aromatic carbocycles. The molecule has 0 aliphatic carbocycles. The predicted octanol–water partition coefficient (Wildman–Crippen LogP) is 4.52. The van der Waals surface area contributed by atoms with E-state index in [-0.39, 0.29) is 30.3 Å². The molecule has 0 fully saturated rings. The Hall–Kier alpha value is -4.83. The maximum Gasteiger partial charge on any atom is 0.189 e. The van der Waals surface area contributed by atoms with Gasteiger partial charge in [0.15, 0.2) is 5.78 Å². The minimum Gasteiger partial charge on any atom is -0.507 e. The summed E-state index contributed by atoms with van der Waals surface area (Å²) in [7, 11) is 0. The van der Waals surface area contributed by atoms with E-state index in [2.05, 4.69) is 16.2 Å². The lowest BCUT2D eigenvalue weighted by atomic mass is 10.1. The Morgan fingerprint density at radius 1 is 1.03 bits per heavy atom. The molecule has 1 heterocycles. The smallest absolute Gasteiger partial charge is 0.189 e. The molecule has 0 unspecified atom stereocenters. The van der Waals surface area contributed by atoms with Crippen molar-refractivity contribution in [1.82, 2.24) is 15.0 Å². The van der Waals surface area contributed by atoms with Gasteiger partial charge in [-0.1, -0.05) is 59.7 Å². The number of phenolic OH excluding ortho intramolecular Hbond substituents is 1. The summed E-state index contributed by atoms with van der Waals surface area (Å²) in [5.74, 6) is 2.98. The molecule has 0 aliphatic rings. The van der Waals surface area contributed by atoms with Gasteiger partial charge in [-0.3, -0.25) is 4.79 Å². The van der Waals surface area contributed by atoms with Crippen molar-refractivity contribution >= 4 is 11.9 Å². The van der Waals surface area contributed by atoms with Crippen molar-refractivity contribution in [3.8, 4) is 29.6 Å². The van der Waals surface area contributed by atoms with E-state index in [0.717, 1.165) is 11.1 Å². The zero-order valence-electron chi connectivity index (χ0n) is 18.9. The summed E-state index contributed by atoms with van der Waals surface area (Å²) in [6, 6.07) is 21.7. The van der Waals surface area contributed by atoms with Gasteiger partial charge in [0.2, 0.25) is 0 Å². The number of hydrogen-bond acceptors (Lipinski definition) is 6. The molecule has 4 aromatic rings. The average molecular weight is 466 g/mol. The van der Waals surface area contributed by atoms with E-state index >= 15 is 0 Å². The molecule has 0 spiro atoms. The lowest BCUT2D eigenvalue weighted by Gasteiger charge is -2.07. The van der Waals surface area contributed by atoms with Crippen LogP contribution in [0.3, 0.4) is 0 Å². The molecular weight excluding hydrogens is 442 g/mol. The number of aromatic nitrogens is 3. The largest absolute Gasteiger partial charge is 0.507 e. The Bertz CT molecular complexity index is 1350. The van der Waals surface area contributed by atoms with Gasteiger partial charge in [-0.05, 0) is 41.5 Å². The van der Waals surface area contributed by atoms with Gasteiger partial charge in [0.05, 0.1) is 18.3 Å². The second-order valence-electron chi connectivity index (χ2n) is 7.62. The highest BCUT2D eigenvalue weighted by molar-refractivity contribution is 6.08. The van der Waals surface area contributed by atoms with Crippen molar-refractivity contribution in [2.75, 3.05) is 6.61 Å². The summed E-state index contributed by atoms with van der Waals surface area (Å²) in [5.41, 5.74) is 2.76. The van der Waals surface area contributed by atoms with Crippen molar-refractivity contribution in [1.29, 1.82) is 0 Å². The van der Waals surface area contributed by atoms with Crippen LogP contribution in [-0.2, 0) is 13.2 Å². The maximum absolute atomic E-state index is 12.5. The fourth-order valence-electron chi connectivity index (χ4n) is 3.28. The Balaban J connectivity index is 1.32. The predicted molar refractivity (Wildman–Crippen MR) is 132 cm³/mol. The minimum atomic E-state index is -0.328. The van der Waals surface area contributed by atoms with Crippen LogP contribution in [0.25, 0.3) is 6.08 Å². The molecule has 0 radical (unpaired) electrons. The Labute approximate surface area is 203 Å². The molecule has 0 aliphatic heterocycles. The van der Waals surface area contributed by atoms with E-state index in [1.165, 1.54) is 18.2 Å². The summed E-state index contributed by atoms with van der Waals surface area (Å²) in [6.07, 6.45) is 10.0. The second-order valence-corrected chi connectivity index (χ2v) is 7.62. The first-order chi connectivity index (χ1) is 17.1. The molecule has 1 aromatic heterocycles. The fraction of sp³-hybridized carbons (Fsp3) is 0.107. The third-order valence-corrected chi connectivity index (χ3v) is 5.02. The lowest BCUT2D eigenvalue weighted by Crippen LogP contribution is -2.00. The monoisotopic (exact) mass is 465 g/mol. The number of carbonyl (C=O) groups excluding carboxylic acids is 1. The normalized spacial score (nSPS) is 10.7. The first-order valence-corrected chi connectivity index (χ1v) is 10.9. The van der Waals surface area contributed by atoms with E-state index in [9.17, 15) is 9.90 Å². The van der Waals surface area contributed by atoms with Gasteiger partial charge in [0.25, 0.3) is 0 Å². The van der Waals surface area contributed by atoms with Crippen molar-refractivity contribution < 1.29 is 19.4 Å². The van der Waals surface area contributed by atoms with Crippen molar-refractivity contribution in [2.24, 2.45) is 0 Å². The number of rotatable bonds is 10. The standard InChI is InChI=1S/C28H23N3O4/c1-2-16-34-24-11-8-21(9-12-24)10-15-27(32)26-14-13-25(17-28(26)33)35-20-23-19-31(30-29-23)18-22-6-4-3-5-7-22/h1,3-15,17,19,33H,16,18,20H2/b15-10+. The van der Waals surface area contributed by atoms with Gasteiger partial charge in [0, 0.05) is 6.07 Å². The molecule has 1 N–H and O–H groups in total. The summed E-state index contributed by atoms with van der Waals surface area (Å²) in [4.78, 5) is 12.5. The number of ether oxygens (including phenoxy) is 2. The average Bonchev–Trinajstić information content (AvgIpc) is 3.33. The van der Waals surface area contributed by atoms with Gasteiger partial charge in [-0.15, -0.1) is 11.5 Å². The molecule has 0 saturated heterocycles. The zero-order valence-corrected chi connectivity index (χ0v) is 18.9. The fourth-order valence-corrected chi connectivity index (χ4v) is 3.28. The third-order valence-electron chi connectivity index (χ3n) is 5.02. The molecule has 4 rings (SSSR count). The van der Waals surface area contributed by atoms with E-state index in [0.29, 0.717) is 23.7 Å². The van der Waals surface area contributed by atoms with E-state index < -0.39 is 0 Å². The number of phenols is 1. The van der Waals surface area contributed by atoms with Crippen molar-refractivity contribution in [3.63, 3.8) is 0 Å². The number of ketones is 1. The summed E-state index contributed by atoms with van der Waals surface area (Å²) in [6.45, 7) is 0.992. The first-order valence-electron chi connectivity index (χ1n) is 10.9. The van der Waals surface area contributed by atoms with Crippen LogP contribution in [0.15, 0.2) is 85.1 Å². The molecule has 0 bridgehead atoms. The summed E-state index contributed by atoms with van der Waals surface area (Å²) in [5, 5.41) is 18.6. The van der Waals surface area contributed by atoms with E-state index in [1.54, 1.807) is 29.0 Å². The van der Waals surface area contributed by atoms with Crippen molar-refractivity contribution in [2.45, 2.75) is 13.2 Å². The van der Waals surface area contributed by atoms with Gasteiger partial charge >= 0.3 is 0 Å². The SMILES string of the molecule is C#CCOc1ccc(/C=C/C(=O)c2ccc(OCc3cn(Cc4ccccc4)nn3)cc2O)cc1. The minimum absolute atomic E-state index is 0.164. The van der Waals surface area contributed by atoms with Gasteiger partial charge < -0.3 is 14.6 Å². The van der Waals surface area contributed by atoms with Crippen LogP contribution in [0.1, 0.15) is 27.2 Å². The van der Waals surface area contributed by atoms with E-state index in [4.69, 9.17) is 15.9 Å². The van der Waals surface area contributed by atoms with Gasteiger partial charge in [-0.25, -0.2) is 4.68 Å². The van der Waals surface area contributed by atoms with Crippen LogP contribution in [-0.4, -0.2) is 32.5 Å². The van der Waals surface area contributed by atoms with Gasteiger partial charge in [-0.2, -0.15) is 0 Å². The molecule has 35 heavy (non-hydrogen) atoms. The van der Waals surface area contributed by atoms with Crippen LogP contribution >= 0.6 is 0 Å². The van der Waals surface area contributed by atoms with Crippen LogP contribution in [0.5, 0.6) is 17.2 Å². The number of allylic oxidation sites excluding steroid dienone is 1. The first kappa shape index (κ1) is 23.3. The number of hydrogen-bond donors (Lipinski definition) is 1. The second kappa shape index (κ2) is 11.3. The zero-order chi connectivity index (χ0) is 24.5. The molecule has 7 heteroatoms. The number of carbonyl (C=O) groups is 1. The lowest BCUT2D eigenvalue weighted by molar-refractivity contribution is 0.104. The molecular formula is C28H23N3O4. The molecule has 0 atom stereocenters. The Morgan fingerprint density at radius 2 is 1.80 bits per heavy atom. The van der Waals surface area contributed by atoms with Crippen LogP contribution in [0.4, 0.5) is 0 Å². The highest BCUT2D eigenvalue weighted by atomic mass is 16.5. The molecule has 174 valence electrons. The molecule has 0 saturated carbocycles. The number of aromatic hydroxyl groups is 1. The Kier molecular flexibility index (Phi) is 7.56. The van der Waals surface area contributed by atoms with Crippen LogP contribution in [0.2, 0.25) is 0 Å². The third kappa shape index (κ3) is 6.59. The number of terminal acetylenes is 1. The van der Waals surface area contributed by atoms with E-state index in [1.807, 2.05) is 48.7 Å². The highest BCUT2D eigenvalue weighted by Gasteiger charge is 2.10. The molecule has 0 amide bonds. The van der Waals surface area contributed by atoms with Crippen LogP contribution < -0.4 is 9.47 Å². The maximum atomic E-state index is 12.5. The molecule has 7 nitrogen and oxygen atoms in total. The Morgan fingerprint density at radius 3 is 2.54 bits per heavy atom. The quantitative estimate of drug-likeness (QED) is 0.211. The number of nitrogens with zero attached hydrogens (tertiary/aromatic N) is 3. The number of benzene rings is 3. The topological polar surface area (TPSA) is 86.5 Å². The summed E-state index contributed by atoms with van der Waals surface area (Å²) >= 11 is 0. The van der Waals surface area contributed by atoms with Crippen LogP contribution in [0, 0.1) is 12.3 Å². The highest BCUT2D eigenvalue weighted by Crippen LogP contribution is 2.25. The summed E-state index contributed by atoms with van der Waals surface area (Å²) < 4.78 is 12.8. The van der Waals surface area contributed by atoms with Gasteiger partial charge in [0.1, 0.15) is 36.2 Å². The van der Waals surface area contributed by atoms with Crippen molar-refractivity contribution in [3.05, 3.63) is 107 Å².